The highest BCUT2D eigenvalue weighted by molar-refractivity contribution is 6.01. The van der Waals surface area contributed by atoms with Crippen molar-refractivity contribution in [2.75, 3.05) is 6.61 Å². The lowest BCUT2D eigenvalue weighted by atomic mass is 9.68. The lowest BCUT2D eigenvalue weighted by Gasteiger charge is -2.36. The van der Waals surface area contributed by atoms with Gasteiger partial charge in [-0.1, -0.05) is 11.6 Å². The number of rotatable bonds is 6. The molecule has 3 fully saturated rings. The topological polar surface area (TPSA) is 69.9 Å². The molecule has 6 nitrogen and oxygen atoms in total. The Morgan fingerprint density at radius 1 is 1.13 bits per heavy atom. The van der Waals surface area contributed by atoms with Gasteiger partial charge in [-0.25, -0.2) is 9.37 Å². The molecule has 2 unspecified atom stereocenters. The van der Waals surface area contributed by atoms with E-state index in [1.807, 2.05) is 25.1 Å². The fourth-order valence-electron chi connectivity index (χ4n) is 5.10. The van der Waals surface area contributed by atoms with Crippen molar-refractivity contribution in [3.8, 4) is 11.6 Å². The number of carbonyl (C=O) groups is 1. The van der Waals surface area contributed by atoms with Gasteiger partial charge in [-0.15, -0.1) is 0 Å². The van der Waals surface area contributed by atoms with Gasteiger partial charge in [0, 0.05) is 17.5 Å². The van der Waals surface area contributed by atoms with Crippen LogP contribution < -0.4 is 4.74 Å². The Morgan fingerprint density at radius 3 is 2.68 bits per heavy atom. The Balaban J connectivity index is 1.36. The van der Waals surface area contributed by atoms with Crippen LogP contribution in [0.4, 0.5) is 4.39 Å². The van der Waals surface area contributed by atoms with Crippen molar-refractivity contribution < 1.29 is 13.9 Å². The number of carbonyl (C=O) groups excluding carboxylic acids is 1. The Kier molecular flexibility index (Phi) is 5.26. The van der Waals surface area contributed by atoms with E-state index in [2.05, 4.69) is 15.2 Å². The van der Waals surface area contributed by atoms with Gasteiger partial charge in [-0.05, 0) is 68.6 Å². The van der Waals surface area contributed by atoms with Crippen LogP contribution in [0, 0.1) is 36.4 Å². The quantitative estimate of drug-likeness (QED) is 0.552. The first-order valence-electron chi connectivity index (χ1n) is 10.8. The molecule has 0 spiro atoms. The summed E-state index contributed by atoms with van der Waals surface area (Å²) in [7, 11) is 0. The third-order valence-electron chi connectivity index (χ3n) is 6.65. The number of halogens is 1. The molecular weight excluding hydrogens is 395 g/mol. The van der Waals surface area contributed by atoms with Crippen molar-refractivity contribution in [2.45, 2.75) is 32.6 Å². The fourth-order valence-corrected chi connectivity index (χ4v) is 5.10. The van der Waals surface area contributed by atoms with E-state index in [1.54, 1.807) is 18.5 Å². The van der Waals surface area contributed by atoms with Crippen LogP contribution in [0.1, 0.15) is 41.6 Å². The van der Waals surface area contributed by atoms with Crippen LogP contribution in [0.25, 0.3) is 5.69 Å². The molecule has 2 aromatic heterocycles. The van der Waals surface area contributed by atoms with Crippen molar-refractivity contribution in [1.29, 1.82) is 0 Å². The third kappa shape index (κ3) is 4.09. The number of benzene rings is 1. The molecule has 0 N–H and O–H groups in total. The average Bonchev–Trinajstić information content (AvgIpc) is 3.14. The summed E-state index contributed by atoms with van der Waals surface area (Å²) >= 11 is 0. The summed E-state index contributed by atoms with van der Waals surface area (Å²) in [4.78, 5) is 19.3. The van der Waals surface area contributed by atoms with Gasteiger partial charge in [-0.3, -0.25) is 4.79 Å². The van der Waals surface area contributed by atoms with Gasteiger partial charge < -0.3 is 4.74 Å². The summed E-state index contributed by atoms with van der Waals surface area (Å²) < 4.78 is 18.9. The van der Waals surface area contributed by atoms with E-state index in [1.165, 1.54) is 10.9 Å². The van der Waals surface area contributed by atoms with E-state index in [9.17, 15) is 9.18 Å². The summed E-state index contributed by atoms with van der Waals surface area (Å²) in [6, 6.07) is 8.75. The molecule has 0 radical (unpaired) electrons. The van der Waals surface area contributed by atoms with E-state index in [4.69, 9.17) is 4.74 Å². The highest BCUT2D eigenvalue weighted by Crippen LogP contribution is 2.50. The zero-order valence-corrected chi connectivity index (χ0v) is 17.4. The van der Waals surface area contributed by atoms with E-state index < -0.39 is 0 Å². The first-order chi connectivity index (χ1) is 15.1. The molecule has 3 aliphatic rings. The molecule has 3 aromatic rings. The van der Waals surface area contributed by atoms with Gasteiger partial charge >= 0.3 is 0 Å². The number of aryl methyl sites for hydroxylation is 1. The largest absolute Gasteiger partial charge is 0.477 e. The molecule has 160 valence electrons. The van der Waals surface area contributed by atoms with Crippen molar-refractivity contribution >= 4 is 5.78 Å². The van der Waals surface area contributed by atoms with Crippen LogP contribution in [-0.4, -0.2) is 32.4 Å². The second-order valence-electron chi connectivity index (χ2n) is 8.87. The number of pyridine rings is 1. The Bertz CT molecular complexity index is 1060. The minimum atomic E-state index is -0.381. The SMILES string of the molecule is Cc1ccc(-n2nccn2)c(C(=O)C2CC(COc3ccc(F)cn3)CC3CC2C3)c1. The van der Waals surface area contributed by atoms with E-state index in [-0.39, 0.29) is 23.4 Å². The number of ketones is 1. The second-order valence-corrected chi connectivity index (χ2v) is 8.87. The van der Waals surface area contributed by atoms with Crippen molar-refractivity contribution in [1.82, 2.24) is 20.0 Å². The molecule has 0 aliphatic heterocycles. The molecule has 7 heteroatoms. The normalized spacial score (nSPS) is 24.8. The average molecular weight is 420 g/mol. The van der Waals surface area contributed by atoms with Crippen LogP contribution >= 0.6 is 0 Å². The van der Waals surface area contributed by atoms with Gasteiger partial charge in [0.05, 0.1) is 30.9 Å². The van der Waals surface area contributed by atoms with Crippen LogP contribution in [0.2, 0.25) is 0 Å². The number of hydrogen-bond acceptors (Lipinski definition) is 5. The molecular formula is C24H25FN4O2. The molecule has 2 atom stereocenters. The minimum Gasteiger partial charge on any atom is -0.477 e. The minimum absolute atomic E-state index is 0.0374. The number of Topliss-reactive ketones (excluding diaryl/α,β-unsaturated/α-hetero) is 1. The highest BCUT2D eigenvalue weighted by Gasteiger charge is 2.44. The number of fused-ring (bicyclic) bond motifs is 3. The van der Waals surface area contributed by atoms with E-state index >= 15 is 0 Å². The fraction of sp³-hybridized carbons (Fsp3) is 0.417. The van der Waals surface area contributed by atoms with Crippen molar-refractivity contribution in [3.63, 3.8) is 0 Å². The van der Waals surface area contributed by atoms with Crippen molar-refractivity contribution in [3.05, 3.63) is 65.9 Å². The van der Waals surface area contributed by atoms with Crippen LogP contribution in [0.15, 0.2) is 48.9 Å². The van der Waals surface area contributed by atoms with Gasteiger partial charge in [-0.2, -0.15) is 15.0 Å². The number of hydrogen-bond donors (Lipinski definition) is 0. The molecule has 0 saturated heterocycles. The Labute approximate surface area is 180 Å². The van der Waals surface area contributed by atoms with E-state index in [0.29, 0.717) is 29.9 Å². The Hall–Kier alpha value is -3.09. The number of aromatic nitrogens is 4. The lowest BCUT2D eigenvalue weighted by molar-refractivity contribution is 0.0762. The lowest BCUT2D eigenvalue weighted by Crippen LogP contribution is -2.32. The van der Waals surface area contributed by atoms with Gasteiger partial charge in [0.2, 0.25) is 5.88 Å². The van der Waals surface area contributed by atoms with Crippen LogP contribution in [0.5, 0.6) is 5.88 Å². The third-order valence-corrected chi connectivity index (χ3v) is 6.65. The van der Waals surface area contributed by atoms with Gasteiger partial charge in [0.25, 0.3) is 0 Å². The molecule has 3 aliphatic carbocycles. The molecule has 2 heterocycles. The predicted molar refractivity (Wildman–Crippen MR) is 113 cm³/mol. The van der Waals surface area contributed by atoms with Crippen molar-refractivity contribution in [2.24, 2.45) is 23.7 Å². The number of ether oxygens (including phenoxy) is 1. The molecule has 6 rings (SSSR count). The van der Waals surface area contributed by atoms with Crippen LogP contribution in [-0.2, 0) is 0 Å². The maximum Gasteiger partial charge on any atom is 0.213 e. The molecule has 2 bridgehead atoms. The zero-order valence-electron chi connectivity index (χ0n) is 17.4. The van der Waals surface area contributed by atoms with E-state index in [0.717, 1.165) is 43.1 Å². The molecule has 3 saturated carbocycles. The summed E-state index contributed by atoms with van der Waals surface area (Å²) in [5.74, 6) is 1.53. The maximum atomic E-state index is 13.7. The second kappa shape index (κ2) is 8.21. The highest BCUT2D eigenvalue weighted by atomic mass is 19.1. The smallest absolute Gasteiger partial charge is 0.213 e. The first-order valence-corrected chi connectivity index (χ1v) is 10.8. The molecule has 1 aromatic carbocycles. The molecule has 0 amide bonds. The Morgan fingerprint density at radius 2 is 1.94 bits per heavy atom. The molecule has 31 heavy (non-hydrogen) atoms. The standard InChI is InChI=1S/C24H25FN4O2/c1-15-2-4-22(29-27-6-7-28-29)21(8-15)24(30)20-12-17(9-16-10-18(20)11-16)14-31-23-5-3-19(25)13-26-23/h2-8,13,16-18,20H,9-12,14H2,1H3. The first kappa shape index (κ1) is 19.8. The summed E-state index contributed by atoms with van der Waals surface area (Å²) in [6.45, 7) is 2.49. The summed E-state index contributed by atoms with van der Waals surface area (Å²) in [5, 5.41) is 8.47. The monoisotopic (exact) mass is 420 g/mol. The summed E-state index contributed by atoms with van der Waals surface area (Å²) in [6.07, 6.45) is 8.45. The summed E-state index contributed by atoms with van der Waals surface area (Å²) in [5.41, 5.74) is 2.46. The van der Waals surface area contributed by atoms with Gasteiger partial charge in [0.1, 0.15) is 5.82 Å². The van der Waals surface area contributed by atoms with Crippen LogP contribution in [0.3, 0.4) is 0 Å². The number of nitrogens with zero attached hydrogens (tertiary/aromatic N) is 4. The predicted octanol–water partition coefficient (Wildman–Crippen LogP) is 4.42. The van der Waals surface area contributed by atoms with Gasteiger partial charge in [0.15, 0.2) is 5.78 Å². The maximum absolute atomic E-state index is 13.7. The zero-order chi connectivity index (χ0) is 21.4.